The van der Waals surface area contributed by atoms with Gasteiger partial charge in [-0.2, -0.15) is 0 Å². The highest BCUT2D eigenvalue weighted by molar-refractivity contribution is 5.77. The van der Waals surface area contributed by atoms with Crippen LogP contribution in [-0.2, 0) is 14.3 Å². The van der Waals surface area contributed by atoms with Crippen molar-refractivity contribution >= 4 is 11.9 Å². The first-order valence-corrected chi connectivity index (χ1v) is 24.3. The molecule has 6 heteroatoms. The van der Waals surface area contributed by atoms with E-state index in [4.69, 9.17) is 4.74 Å². The summed E-state index contributed by atoms with van der Waals surface area (Å²) in [5, 5.41) is 23.7. The molecule has 0 aliphatic rings. The van der Waals surface area contributed by atoms with Gasteiger partial charge in [-0.1, -0.05) is 202 Å². The van der Waals surface area contributed by atoms with E-state index in [1.807, 2.05) is 0 Å². The number of carbonyl (C=O) groups is 2. The number of allylic oxidation sites excluding steroid dienone is 14. The van der Waals surface area contributed by atoms with Gasteiger partial charge in [0, 0.05) is 6.42 Å². The predicted molar refractivity (Wildman–Crippen MR) is 254 cm³/mol. The van der Waals surface area contributed by atoms with Gasteiger partial charge in [-0.15, -0.1) is 0 Å². The summed E-state index contributed by atoms with van der Waals surface area (Å²) in [6.45, 7) is 6.20. The standard InChI is InChI=1S/C53H91NO5/c1-4-7-10-13-16-19-22-24-25-26-28-31-34-37-40-43-46-53(58)59-49(44-41-38-35-32-30-27-23-20-17-14-11-8-5-2)47-52(57)54-50(48-55)51(56)45-42-39-36-33-29-21-18-15-12-9-6-3/h7-8,10-11,14,16-17,19-20,23-25,28,31,49-51,55-56H,4-6,9,12-13,15,18,21-22,26-27,29-30,32-48H2,1-3H3,(H,54,57)/b10-7+,11-8+,17-14+,19-16+,23-20+,25-24+,31-28+. The highest BCUT2D eigenvalue weighted by Gasteiger charge is 2.24. The molecule has 0 aromatic rings. The van der Waals surface area contributed by atoms with Gasteiger partial charge in [0.05, 0.1) is 25.2 Å². The Bertz CT molecular complexity index is 1150. The summed E-state index contributed by atoms with van der Waals surface area (Å²) in [7, 11) is 0. The van der Waals surface area contributed by atoms with E-state index in [1.54, 1.807) is 0 Å². The molecular formula is C53H91NO5. The van der Waals surface area contributed by atoms with Gasteiger partial charge in [0.15, 0.2) is 0 Å². The number of hydrogen-bond donors (Lipinski definition) is 3. The molecule has 3 atom stereocenters. The lowest BCUT2D eigenvalue weighted by Crippen LogP contribution is -2.46. The van der Waals surface area contributed by atoms with E-state index in [-0.39, 0.29) is 24.9 Å². The van der Waals surface area contributed by atoms with Crippen molar-refractivity contribution in [1.82, 2.24) is 5.32 Å². The van der Waals surface area contributed by atoms with Crippen LogP contribution in [0.5, 0.6) is 0 Å². The molecule has 0 aliphatic carbocycles. The molecule has 1 amide bonds. The Kier molecular flexibility index (Phi) is 43.8. The number of esters is 1. The van der Waals surface area contributed by atoms with Crippen LogP contribution in [0.3, 0.4) is 0 Å². The number of aliphatic hydroxyl groups is 2. The maximum absolute atomic E-state index is 13.2. The molecule has 3 N–H and O–H groups in total. The van der Waals surface area contributed by atoms with Crippen molar-refractivity contribution in [3.05, 3.63) is 85.1 Å². The maximum atomic E-state index is 13.2. The Balaban J connectivity index is 4.69. The highest BCUT2D eigenvalue weighted by atomic mass is 16.5. The van der Waals surface area contributed by atoms with Crippen LogP contribution < -0.4 is 5.32 Å². The quantitative estimate of drug-likeness (QED) is 0.0247. The van der Waals surface area contributed by atoms with Crippen LogP contribution in [0.25, 0.3) is 0 Å². The third-order valence-electron chi connectivity index (χ3n) is 10.5. The average molecular weight is 822 g/mol. The molecule has 0 rings (SSSR count). The number of carbonyl (C=O) groups excluding carboxylic acids is 2. The number of nitrogens with one attached hydrogen (secondary N) is 1. The molecule has 0 saturated heterocycles. The number of aliphatic hydroxyl groups excluding tert-OH is 2. The van der Waals surface area contributed by atoms with E-state index in [0.717, 1.165) is 116 Å². The fourth-order valence-electron chi connectivity index (χ4n) is 6.89. The van der Waals surface area contributed by atoms with Crippen molar-refractivity contribution in [1.29, 1.82) is 0 Å². The van der Waals surface area contributed by atoms with Crippen molar-refractivity contribution in [3.8, 4) is 0 Å². The molecule has 0 aromatic carbocycles. The summed E-state index contributed by atoms with van der Waals surface area (Å²) in [6, 6.07) is -0.718. The van der Waals surface area contributed by atoms with Gasteiger partial charge in [-0.25, -0.2) is 0 Å². The minimum absolute atomic E-state index is 0.0466. The molecule has 0 aromatic heterocycles. The summed E-state index contributed by atoms with van der Waals surface area (Å²) >= 11 is 0. The molecule has 338 valence electrons. The minimum Gasteiger partial charge on any atom is -0.462 e. The molecule has 0 fully saturated rings. The van der Waals surface area contributed by atoms with Crippen LogP contribution in [0.4, 0.5) is 0 Å². The van der Waals surface area contributed by atoms with E-state index in [0.29, 0.717) is 19.3 Å². The first kappa shape index (κ1) is 56.0. The van der Waals surface area contributed by atoms with Crippen LogP contribution >= 0.6 is 0 Å². The van der Waals surface area contributed by atoms with Gasteiger partial charge < -0.3 is 20.3 Å². The predicted octanol–water partition coefficient (Wildman–Crippen LogP) is 14.4. The van der Waals surface area contributed by atoms with Crippen LogP contribution in [-0.4, -0.2) is 46.9 Å². The van der Waals surface area contributed by atoms with Crippen molar-refractivity contribution in [2.24, 2.45) is 0 Å². The summed E-state index contributed by atoms with van der Waals surface area (Å²) in [4.78, 5) is 26.1. The van der Waals surface area contributed by atoms with Gasteiger partial charge in [-0.3, -0.25) is 9.59 Å². The van der Waals surface area contributed by atoms with E-state index < -0.39 is 18.2 Å². The molecule has 0 saturated carbocycles. The van der Waals surface area contributed by atoms with Crippen LogP contribution in [0.15, 0.2) is 85.1 Å². The Hall–Kier alpha value is -2.96. The lowest BCUT2D eigenvalue weighted by molar-refractivity contribution is -0.151. The largest absolute Gasteiger partial charge is 0.462 e. The highest BCUT2D eigenvalue weighted by Crippen LogP contribution is 2.17. The zero-order chi connectivity index (χ0) is 43.1. The lowest BCUT2D eigenvalue weighted by atomic mass is 10.0. The van der Waals surface area contributed by atoms with Crippen molar-refractivity contribution in [2.75, 3.05) is 6.61 Å². The Morgan fingerprint density at radius 2 is 1.00 bits per heavy atom. The first-order valence-electron chi connectivity index (χ1n) is 24.3. The third kappa shape index (κ3) is 41.6. The second-order valence-corrected chi connectivity index (χ2v) is 16.2. The lowest BCUT2D eigenvalue weighted by Gasteiger charge is -2.24. The van der Waals surface area contributed by atoms with Gasteiger partial charge in [0.25, 0.3) is 0 Å². The number of hydrogen-bond acceptors (Lipinski definition) is 5. The molecule has 0 bridgehead atoms. The Labute approximate surface area is 363 Å². The molecule has 0 heterocycles. The van der Waals surface area contributed by atoms with E-state index in [2.05, 4.69) is 111 Å². The summed E-state index contributed by atoms with van der Waals surface area (Å²) in [5.74, 6) is -0.538. The van der Waals surface area contributed by atoms with Gasteiger partial charge in [0.2, 0.25) is 5.91 Å². The van der Waals surface area contributed by atoms with Gasteiger partial charge in [0.1, 0.15) is 6.10 Å². The molecule has 59 heavy (non-hydrogen) atoms. The number of ether oxygens (including phenoxy) is 1. The topological polar surface area (TPSA) is 95.9 Å². The fourth-order valence-corrected chi connectivity index (χ4v) is 6.89. The Morgan fingerprint density at radius 1 is 0.525 bits per heavy atom. The van der Waals surface area contributed by atoms with Crippen molar-refractivity contribution in [2.45, 2.75) is 232 Å². The summed E-state index contributed by atoms with van der Waals surface area (Å²) in [6.07, 6.45) is 59.2. The molecule has 0 aliphatic heterocycles. The molecule has 0 radical (unpaired) electrons. The zero-order valence-electron chi connectivity index (χ0n) is 38.4. The normalized spacial score (nSPS) is 14.1. The second-order valence-electron chi connectivity index (χ2n) is 16.2. The number of amides is 1. The van der Waals surface area contributed by atoms with Crippen LogP contribution in [0.1, 0.15) is 213 Å². The summed E-state index contributed by atoms with van der Waals surface area (Å²) < 4.78 is 5.90. The fraction of sp³-hybridized carbons (Fsp3) is 0.698. The second kappa shape index (κ2) is 46.1. The minimum atomic E-state index is -0.802. The van der Waals surface area contributed by atoms with E-state index in [1.165, 1.54) is 51.4 Å². The SMILES string of the molecule is CC/C=C/C=C/C=C/CCCCCCCC(CC(=O)NC(CO)C(O)CCCCCCCCCCCCC)OC(=O)CCCCC/C=C/C/C=C/C/C=C/C/C=C/CC. The van der Waals surface area contributed by atoms with Crippen molar-refractivity contribution < 1.29 is 24.5 Å². The van der Waals surface area contributed by atoms with Gasteiger partial charge >= 0.3 is 5.97 Å². The summed E-state index contributed by atoms with van der Waals surface area (Å²) in [5.41, 5.74) is 0. The third-order valence-corrected chi connectivity index (χ3v) is 10.5. The maximum Gasteiger partial charge on any atom is 0.306 e. The van der Waals surface area contributed by atoms with E-state index >= 15 is 0 Å². The smallest absolute Gasteiger partial charge is 0.306 e. The molecule has 0 spiro atoms. The van der Waals surface area contributed by atoms with E-state index in [9.17, 15) is 19.8 Å². The van der Waals surface area contributed by atoms with Crippen molar-refractivity contribution in [3.63, 3.8) is 0 Å². The Morgan fingerprint density at radius 3 is 1.58 bits per heavy atom. The average Bonchev–Trinajstić information content (AvgIpc) is 3.23. The van der Waals surface area contributed by atoms with Gasteiger partial charge in [-0.05, 0) is 83.5 Å². The molecule has 3 unspecified atom stereocenters. The number of unbranched alkanes of at least 4 members (excludes halogenated alkanes) is 18. The zero-order valence-corrected chi connectivity index (χ0v) is 38.4. The molecular weight excluding hydrogens is 731 g/mol. The van der Waals surface area contributed by atoms with Crippen LogP contribution in [0.2, 0.25) is 0 Å². The monoisotopic (exact) mass is 822 g/mol. The van der Waals surface area contributed by atoms with Crippen LogP contribution in [0, 0.1) is 0 Å². The first-order chi connectivity index (χ1) is 29.0. The number of rotatable bonds is 42. The molecule has 6 nitrogen and oxygen atoms in total.